The Hall–Kier alpha value is -3.19. The molecular formula is C17H14N2O5. The number of anilines is 2. The molecule has 2 amide bonds. The topological polar surface area (TPSA) is 116 Å². The predicted octanol–water partition coefficient (Wildman–Crippen LogP) is 1.55. The number of carboxylic acids is 1. The number of carbonyl (C=O) groups excluding carboxylic acids is 2. The van der Waals surface area contributed by atoms with Crippen LogP contribution in [0.5, 0.6) is 0 Å². The Balaban J connectivity index is 1.90. The first-order chi connectivity index (χ1) is 11.4. The number of nitrogens with one attached hydrogen (secondary N) is 2. The van der Waals surface area contributed by atoms with Crippen LogP contribution in [0.15, 0.2) is 48.5 Å². The summed E-state index contributed by atoms with van der Waals surface area (Å²) in [5.74, 6) is -2.46. The molecule has 0 fully saturated rings. The number of hydrogen-bond donors (Lipinski definition) is 4. The van der Waals surface area contributed by atoms with Gasteiger partial charge in [0.05, 0.1) is 6.42 Å². The molecule has 1 atom stereocenters. The van der Waals surface area contributed by atoms with Crippen molar-refractivity contribution in [3.63, 3.8) is 0 Å². The highest BCUT2D eigenvalue weighted by molar-refractivity contribution is 6.08. The zero-order valence-corrected chi connectivity index (χ0v) is 12.4. The fourth-order valence-electron chi connectivity index (χ4n) is 2.61. The van der Waals surface area contributed by atoms with Crippen LogP contribution in [-0.2, 0) is 15.2 Å². The Morgan fingerprint density at radius 2 is 1.83 bits per heavy atom. The molecule has 7 heteroatoms. The van der Waals surface area contributed by atoms with Gasteiger partial charge in [0.1, 0.15) is 0 Å². The van der Waals surface area contributed by atoms with Gasteiger partial charge >= 0.3 is 5.97 Å². The summed E-state index contributed by atoms with van der Waals surface area (Å²) in [7, 11) is 0. The highest BCUT2D eigenvalue weighted by atomic mass is 16.4. The summed E-state index contributed by atoms with van der Waals surface area (Å²) in [5, 5.41) is 24.5. The van der Waals surface area contributed by atoms with Gasteiger partial charge in [0.15, 0.2) is 5.60 Å². The summed E-state index contributed by atoms with van der Waals surface area (Å²) in [6, 6.07) is 13.0. The van der Waals surface area contributed by atoms with Gasteiger partial charge in [-0.1, -0.05) is 18.2 Å². The molecular weight excluding hydrogens is 312 g/mol. The Morgan fingerprint density at radius 1 is 1.12 bits per heavy atom. The third kappa shape index (κ3) is 2.72. The largest absolute Gasteiger partial charge is 0.481 e. The number of rotatable bonds is 4. The lowest BCUT2D eigenvalue weighted by molar-refractivity contribution is -0.149. The van der Waals surface area contributed by atoms with Crippen molar-refractivity contribution in [2.45, 2.75) is 12.0 Å². The number of benzene rings is 2. The van der Waals surface area contributed by atoms with E-state index in [1.54, 1.807) is 36.4 Å². The van der Waals surface area contributed by atoms with Gasteiger partial charge in [0.2, 0.25) is 0 Å². The molecule has 0 radical (unpaired) electrons. The Bertz CT molecular complexity index is 834. The first-order valence-electron chi connectivity index (χ1n) is 7.17. The molecule has 2 aromatic carbocycles. The van der Waals surface area contributed by atoms with Gasteiger partial charge in [0.25, 0.3) is 11.8 Å². The van der Waals surface area contributed by atoms with Gasteiger partial charge in [-0.25, -0.2) is 0 Å². The van der Waals surface area contributed by atoms with E-state index in [9.17, 15) is 19.5 Å². The van der Waals surface area contributed by atoms with E-state index in [2.05, 4.69) is 10.6 Å². The van der Waals surface area contributed by atoms with Crippen molar-refractivity contribution in [3.05, 3.63) is 59.7 Å². The summed E-state index contributed by atoms with van der Waals surface area (Å²) in [6.07, 6.45) is -0.762. The molecule has 0 aromatic heterocycles. The summed E-state index contributed by atoms with van der Waals surface area (Å²) in [5.41, 5.74) is -0.910. The Kier molecular flexibility index (Phi) is 3.78. The number of hydrogen-bond acceptors (Lipinski definition) is 4. The smallest absolute Gasteiger partial charge is 0.307 e. The third-order valence-electron chi connectivity index (χ3n) is 3.79. The zero-order valence-electron chi connectivity index (χ0n) is 12.4. The van der Waals surface area contributed by atoms with Crippen molar-refractivity contribution < 1.29 is 24.6 Å². The third-order valence-corrected chi connectivity index (χ3v) is 3.79. The molecule has 1 aliphatic rings. The van der Waals surface area contributed by atoms with Gasteiger partial charge in [-0.2, -0.15) is 0 Å². The number of amides is 2. The average Bonchev–Trinajstić information content (AvgIpc) is 2.79. The lowest BCUT2D eigenvalue weighted by Crippen LogP contribution is -2.36. The Morgan fingerprint density at radius 3 is 2.50 bits per heavy atom. The number of carboxylic acid groups (broad SMARTS) is 1. The summed E-state index contributed by atoms with van der Waals surface area (Å²) >= 11 is 0. The van der Waals surface area contributed by atoms with Crippen LogP contribution in [0.2, 0.25) is 0 Å². The van der Waals surface area contributed by atoms with E-state index in [1.165, 1.54) is 12.1 Å². The Labute approximate surface area is 136 Å². The van der Waals surface area contributed by atoms with Crippen LogP contribution in [0, 0.1) is 0 Å². The number of carbonyl (C=O) groups is 3. The molecule has 1 heterocycles. The van der Waals surface area contributed by atoms with Gasteiger partial charge in [-0.15, -0.1) is 0 Å². The van der Waals surface area contributed by atoms with Crippen molar-refractivity contribution in [1.82, 2.24) is 0 Å². The number of fused-ring (bicyclic) bond motifs is 1. The van der Waals surface area contributed by atoms with Crippen LogP contribution in [0.1, 0.15) is 22.3 Å². The molecule has 3 rings (SSSR count). The quantitative estimate of drug-likeness (QED) is 0.680. The summed E-state index contributed by atoms with van der Waals surface area (Å²) in [6.45, 7) is 0. The maximum absolute atomic E-state index is 12.2. The molecule has 2 aromatic rings. The molecule has 0 saturated carbocycles. The molecule has 0 spiro atoms. The first kappa shape index (κ1) is 15.7. The molecule has 24 heavy (non-hydrogen) atoms. The van der Waals surface area contributed by atoms with E-state index in [1.807, 2.05) is 0 Å². The van der Waals surface area contributed by atoms with Crippen molar-refractivity contribution in [1.29, 1.82) is 0 Å². The van der Waals surface area contributed by atoms with Crippen molar-refractivity contribution in [2.24, 2.45) is 0 Å². The molecule has 0 bridgehead atoms. The second kappa shape index (κ2) is 5.78. The minimum absolute atomic E-state index is 0.126. The maximum Gasteiger partial charge on any atom is 0.307 e. The first-order valence-corrected chi connectivity index (χ1v) is 7.17. The fourth-order valence-corrected chi connectivity index (χ4v) is 2.61. The minimum atomic E-state index is -2.16. The van der Waals surface area contributed by atoms with Crippen LogP contribution >= 0.6 is 0 Å². The van der Waals surface area contributed by atoms with E-state index < -0.39 is 23.9 Å². The molecule has 1 unspecified atom stereocenters. The lowest BCUT2D eigenvalue weighted by Gasteiger charge is -2.18. The van der Waals surface area contributed by atoms with Crippen LogP contribution in [0.3, 0.4) is 0 Å². The highest BCUT2D eigenvalue weighted by Crippen LogP contribution is 2.39. The van der Waals surface area contributed by atoms with E-state index in [4.69, 9.17) is 5.11 Å². The standard InChI is InChI=1S/C17H14N2O5/c20-14(21)9-17(24)12-8-11(6-7-13(12)19-16(17)23)18-15(22)10-4-2-1-3-5-10/h1-8,24H,9H2,(H,18,22)(H,19,23)(H,20,21). The molecule has 1 aliphatic heterocycles. The van der Waals surface area contributed by atoms with Crippen LogP contribution in [0.4, 0.5) is 11.4 Å². The molecule has 4 N–H and O–H groups in total. The summed E-state index contributed by atoms with van der Waals surface area (Å²) < 4.78 is 0. The number of aliphatic carboxylic acids is 1. The van der Waals surface area contributed by atoms with Crippen molar-refractivity contribution >= 4 is 29.2 Å². The SMILES string of the molecule is O=C(O)CC1(O)C(=O)Nc2ccc(NC(=O)c3ccccc3)cc21. The summed E-state index contributed by atoms with van der Waals surface area (Å²) in [4.78, 5) is 35.1. The van der Waals surface area contributed by atoms with E-state index in [0.717, 1.165) is 0 Å². The highest BCUT2D eigenvalue weighted by Gasteiger charge is 2.47. The fraction of sp³-hybridized carbons (Fsp3) is 0.118. The van der Waals surface area contributed by atoms with Crippen molar-refractivity contribution in [3.8, 4) is 0 Å². The normalized spacial score (nSPS) is 18.6. The molecule has 0 aliphatic carbocycles. The lowest BCUT2D eigenvalue weighted by atomic mass is 9.91. The second-order valence-electron chi connectivity index (χ2n) is 5.47. The molecule has 0 saturated heterocycles. The van der Waals surface area contributed by atoms with Gasteiger partial charge in [-0.05, 0) is 30.3 Å². The second-order valence-corrected chi connectivity index (χ2v) is 5.47. The molecule has 7 nitrogen and oxygen atoms in total. The average molecular weight is 326 g/mol. The van der Waals surface area contributed by atoms with Crippen LogP contribution in [-0.4, -0.2) is 28.0 Å². The van der Waals surface area contributed by atoms with Crippen molar-refractivity contribution in [2.75, 3.05) is 10.6 Å². The van der Waals surface area contributed by atoms with E-state index in [0.29, 0.717) is 16.9 Å². The zero-order chi connectivity index (χ0) is 17.3. The van der Waals surface area contributed by atoms with Crippen LogP contribution < -0.4 is 10.6 Å². The van der Waals surface area contributed by atoms with Gasteiger partial charge in [0, 0.05) is 22.5 Å². The predicted molar refractivity (Wildman–Crippen MR) is 85.6 cm³/mol. The van der Waals surface area contributed by atoms with Gasteiger partial charge < -0.3 is 20.8 Å². The van der Waals surface area contributed by atoms with Crippen LogP contribution in [0.25, 0.3) is 0 Å². The number of aliphatic hydroxyl groups is 1. The van der Waals surface area contributed by atoms with E-state index in [-0.39, 0.29) is 11.5 Å². The molecule has 122 valence electrons. The monoisotopic (exact) mass is 326 g/mol. The van der Waals surface area contributed by atoms with E-state index >= 15 is 0 Å². The maximum atomic E-state index is 12.2. The minimum Gasteiger partial charge on any atom is -0.481 e. The van der Waals surface area contributed by atoms with Gasteiger partial charge in [-0.3, -0.25) is 14.4 Å².